The summed E-state index contributed by atoms with van der Waals surface area (Å²) in [6.45, 7) is 2.82. The first kappa shape index (κ1) is 9.93. The second-order valence-corrected chi connectivity index (χ2v) is 3.44. The van der Waals surface area contributed by atoms with Crippen LogP contribution >= 0.6 is 0 Å². The lowest BCUT2D eigenvalue weighted by atomic mass is 10.2. The van der Waals surface area contributed by atoms with Crippen LogP contribution in [-0.4, -0.2) is 4.98 Å². The summed E-state index contributed by atoms with van der Waals surface area (Å²) in [5, 5.41) is 3.35. The highest BCUT2D eigenvalue weighted by Gasteiger charge is 2.06. The molecule has 2 aromatic rings. The molecule has 0 amide bonds. The molecule has 15 heavy (non-hydrogen) atoms. The minimum atomic E-state index is 0.210. The lowest BCUT2D eigenvalue weighted by molar-refractivity contribution is 0.429. The number of hydrogen-bond acceptors (Lipinski definition) is 3. The normalized spacial score (nSPS) is 12.6. The zero-order valence-corrected chi connectivity index (χ0v) is 8.68. The van der Waals surface area contributed by atoms with Gasteiger partial charge in [-0.1, -0.05) is 6.07 Å². The molecule has 0 aromatic carbocycles. The van der Waals surface area contributed by atoms with Gasteiger partial charge in [-0.15, -0.1) is 0 Å². The van der Waals surface area contributed by atoms with Crippen LogP contribution < -0.4 is 5.32 Å². The molecule has 0 spiro atoms. The van der Waals surface area contributed by atoms with Crippen molar-refractivity contribution in [3.8, 4) is 0 Å². The highest BCUT2D eigenvalue weighted by Crippen LogP contribution is 2.12. The molecule has 2 heterocycles. The Bertz CT molecular complexity index is 383. The van der Waals surface area contributed by atoms with E-state index in [0.717, 1.165) is 18.0 Å². The highest BCUT2D eigenvalue weighted by molar-refractivity contribution is 5.06. The molecule has 0 aliphatic heterocycles. The Labute approximate surface area is 89.1 Å². The molecule has 0 fully saturated rings. The summed E-state index contributed by atoms with van der Waals surface area (Å²) in [5.74, 6) is 0.950. The maximum absolute atomic E-state index is 5.30. The van der Waals surface area contributed by atoms with Crippen molar-refractivity contribution in [2.45, 2.75) is 19.5 Å². The number of pyridine rings is 1. The molecule has 0 saturated heterocycles. The molecule has 0 bridgehead atoms. The molecule has 78 valence electrons. The minimum Gasteiger partial charge on any atom is -0.468 e. The summed E-state index contributed by atoms with van der Waals surface area (Å²) in [5.41, 5.74) is 1.04. The molecule has 2 rings (SSSR count). The first-order valence-electron chi connectivity index (χ1n) is 5.03. The Kier molecular flexibility index (Phi) is 3.15. The molecule has 3 nitrogen and oxygen atoms in total. The number of aromatic nitrogens is 1. The van der Waals surface area contributed by atoms with Crippen LogP contribution in [0.25, 0.3) is 0 Å². The van der Waals surface area contributed by atoms with Crippen molar-refractivity contribution in [3.05, 3.63) is 54.2 Å². The molecular weight excluding hydrogens is 188 g/mol. The standard InChI is InChI=1S/C12H14N2O/c1-10(12-6-4-8-15-12)14-9-11-5-2-3-7-13-11/h2-8,10,14H,9H2,1H3. The fraction of sp³-hybridized carbons (Fsp3) is 0.250. The predicted octanol–water partition coefficient (Wildman–Crippen LogP) is 2.53. The van der Waals surface area contributed by atoms with Gasteiger partial charge in [0, 0.05) is 12.7 Å². The first-order valence-corrected chi connectivity index (χ1v) is 5.03. The lowest BCUT2D eigenvalue weighted by Gasteiger charge is -2.10. The maximum atomic E-state index is 5.30. The SMILES string of the molecule is CC(NCc1ccccn1)c1ccco1. The molecule has 2 aromatic heterocycles. The first-order chi connectivity index (χ1) is 7.36. The third-order valence-electron chi connectivity index (χ3n) is 2.29. The van der Waals surface area contributed by atoms with Crippen molar-refractivity contribution < 1.29 is 4.42 Å². The van der Waals surface area contributed by atoms with E-state index in [9.17, 15) is 0 Å². The van der Waals surface area contributed by atoms with Crippen LogP contribution in [0.5, 0.6) is 0 Å². The average Bonchev–Trinajstić information content (AvgIpc) is 2.81. The van der Waals surface area contributed by atoms with Gasteiger partial charge >= 0.3 is 0 Å². The number of hydrogen-bond donors (Lipinski definition) is 1. The van der Waals surface area contributed by atoms with Crippen LogP contribution in [0.3, 0.4) is 0 Å². The lowest BCUT2D eigenvalue weighted by Crippen LogP contribution is -2.18. The average molecular weight is 202 g/mol. The van der Waals surface area contributed by atoms with Crippen LogP contribution in [-0.2, 0) is 6.54 Å². The summed E-state index contributed by atoms with van der Waals surface area (Å²) in [7, 11) is 0. The highest BCUT2D eigenvalue weighted by atomic mass is 16.3. The molecule has 3 heteroatoms. The van der Waals surface area contributed by atoms with Crippen molar-refractivity contribution in [1.29, 1.82) is 0 Å². The van der Waals surface area contributed by atoms with Crippen LogP contribution in [0.15, 0.2) is 47.2 Å². The summed E-state index contributed by atoms with van der Waals surface area (Å²) in [6, 6.07) is 9.98. The molecule has 0 radical (unpaired) electrons. The molecule has 1 N–H and O–H groups in total. The number of rotatable bonds is 4. The van der Waals surface area contributed by atoms with Crippen molar-refractivity contribution in [3.63, 3.8) is 0 Å². The summed E-state index contributed by atoms with van der Waals surface area (Å²) in [6.07, 6.45) is 3.49. The number of furan rings is 1. The van der Waals surface area contributed by atoms with Crippen LogP contribution in [0.2, 0.25) is 0 Å². The number of nitrogens with one attached hydrogen (secondary N) is 1. The van der Waals surface area contributed by atoms with Gasteiger partial charge in [-0.3, -0.25) is 4.98 Å². The largest absolute Gasteiger partial charge is 0.468 e. The van der Waals surface area contributed by atoms with Gasteiger partial charge in [0.25, 0.3) is 0 Å². The van der Waals surface area contributed by atoms with Gasteiger partial charge in [0.15, 0.2) is 0 Å². The summed E-state index contributed by atoms with van der Waals surface area (Å²) in [4.78, 5) is 4.24. The molecular formula is C12H14N2O. The van der Waals surface area contributed by atoms with Gasteiger partial charge in [0.1, 0.15) is 5.76 Å². The summed E-state index contributed by atoms with van der Waals surface area (Å²) >= 11 is 0. The van der Waals surface area contributed by atoms with Crippen molar-refractivity contribution in [2.75, 3.05) is 0 Å². The van der Waals surface area contributed by atoms with Crippen LogP contribution in [0, 0.1) is 0 Å². The topological polar surface area (TPSA) is 38.1 Å². The van der Waals surface area contributed by atoms with Crippen molar-refractivity contribution >= 4 is 0 Å². The Balaban J connectivity index is 1.89. The van der Waals surface area contributed by atoms with E-state index in [0.29, 0.717) is 0 Å². The van der Waals surface area contributed by atoms with E-state index in [2.05, 4.69) is 17.2 Å². The molecule has 0 saturated carbocycles. The van der Waals surface area contributed by atoms with E-state index in [-0.39, 0.29) is 6.04 Å². The fourth-order valence-electron chi connectivity index (χ4n) is 1.40. The molecule has 0 aliphatic rings. The molecule has 1 unspecified atom stereocenters. The number of nitrogens with zero attached hydrogens (tertiary/aromatic N) is 1. The molecule has 1 atom stereocenters. The van der Waals surface area contributed by atoms with Crippen LogP contribution in [0.4, 0.5) is 0 Å². The second kappa shape index (κ2) is 4.75. The summed E-state index contributed by atoms with van der Waals surface area (Å²) < 4.78 is 5.30. The zero-order valence-electron chi connectivity index (χ0n) is 8.68. The smallest absolute Gasteiger partial charge is 0.120 e. The Morgan fingerprint density at radius 1 is 1.33 bits per heavy atom. The van der Waals surface area contributed by atoms with Gasteiger partial charge in [-0.05, 0) is 31.2 Å². The van der Waals surface area contributed by atoms with E-state index in [1.165, 1.54) is 0 Å². The Hall–Kier alpha value is -1.61. The van der Waals surface area contributed by atoms with Crippen LogP contribution in [0.1, 0.15) is 24.4 Å². The monoisotopic (exact) mass is 202 g/mol. The van der Waals surface area contributed by atoms with Gasteiger partial charge in [0.05, 0.1) is 18.0 Å². The quantitative estimate of drug-likeness (QED) is 0.827. The van der Waals surface area contributed by atoms with E-state index >= 15 is 0 Å². The third-order valence-corrected chi connectivity index (χ3v) is 2.29. The second-order valence-electron chi connectivity index (χ2n) is 3.44. The van der Waals surface area contributed by atoms with Crippen molar-refractivity contribution in [2.24, 2.45) is 0 Å². The fourth-order valence-corrected chi connectivity index (χ4v) is 1.40. The molecule has 0 aliphatic carbocycles. The van der Waals surface area contributed by atoms with Gasteiger partial charge < -0.3 is 9.73 Å². The Morgan fingerprint density at radius 3 is 2.93 bits per heavy atom. The van der Waals surface area contributed by atoms with Gasteiger partial charge in [-0.25, -0.2) is 0 Å². The van der Waals surface area contributed by atoms with E-state index < -0.39 is 0 Å². The van der Waals surface area contributed by atoms with E-state index in [4.69, 9.17) is 4.42 Å². The zero-order chi connectivity index (χ0) is 10.5. The van der Waals surface area contributed by atoms with E-state index in [1.54, 1.807) is 12.5 Å². The van der Waals surface area contributed by atoms with E-state index in [1.807, 2.05) is 30.3 Å². The van der Waals surface area contributed by atoms with Gasteiger partial charge in [0.2, 0.25) is 0 Å². The maximum Gasteiger partial charge on any atom is 0.120 e. The van der Waals surface area contributed by atoms with Crippen molar-refractivity contribution in [1.82, 2.24) is 10.3 Å². The van der Waals surface area contributed by atoms with Gasteiger partial charge in [-0.2, -0.15) is 0 Å². The predicted molar refractivity (Wildman–Crippen MR) is 58.2 cm³/mol. The minimum absolute atomic E-state index is 0.210. The Morgan fingerprint density at radius 2 is 2.27 bits per heavy atom. The third kappa shape index (κ3) is 2.67.